The Balaban J connectivity index is 1.68. The molecule has 2 nitrogen and oxygen atoms in total. The fraction of sp³-hybridized carbons (Fsp3) is 0.429. The van der Waals surface area contributed by atoms with Crippen LogP contribution in [0.4, 0.5) is 0 Å². The summed E-state index contributed by atoms with van der Waals surface area (Å²) in [5.74, 6) is 0. The second kappa shape index (κ2) is 6.10. The van der Waals surface area contributed by atoms with Crippen LogP contribution >= 0.6 is 0 Å². The second-order valence-electron chi connectivity index (χ2n) is 7.27. The Kier molecular flexibility index (Phi) is 3.96. The predicted octanol–water partition coefficient (Wildman–Crippen LogP) is 3.56. The number of rotatable bonds is 3. The summed E-state index contributed by atoms with van der Waals surface area (Å²) in [6.07, 6.45) is 2.32. The van der Waals surface area contributed by atoms with Gasteiger partial charge < -0.3 is 5.32 Å². The molecule has 1 heterocycles. The third-order valence-corrected chi connectivity index (χ3v) is 5.21. The van der Waals surface area contributed by atoms with Gasteiger partial charge in [0.05, 0.1) is 6.04 Å². The number of benzene rings is 2. The summed E-state index contributed by atoms with van der Waals surface area (Å²) in [6, 6.07) is 19.7. The fourth-order valence-electron chi connectivity index (χ4n) is 4.19. The van der Waals surface area contributed by atoms with Crippen LogP contribution in [-0.2, 0) is 12.8 Å². The van der Waals surface area contributed by atoms with Crippen molar-refractivity contribution in [2.75, 3.05) is 13.1 Å². The van der Waals surface area contributed by atoms with Gasteiger partial charge in [0.25, 0.3) is 0 Å². The summed E-state index contributed by atoms with van der Waals surface area (Å²) in [7, 11) is 0. The molecule has 0 radical (unpaired) electrons. The molecule has 1 N–H and O–H groups in total. The number of fused-ring (bicyclic) bond motifs is 2. The highest BCUT2D eigenvalue weighted by Gasteiger charge is 2.36. The van der Waals surface area contributed by atoms with Crippen molar-refractivity contribution in [3.05, 3.63) is 70.8 Å². The monoisotopic (exact) mass is 306 g/mol. The van der Waals surface area contributed by atoms with E-state index in [9.17, 15) is 0 Å². The Morgan fingerprint density at radius 1 is 0.870 bits per heavy atom. The van der Waals surface area contributed by atoms with Crippen LogP contribution in [0.25, 0.3) is 0 Å². The topological polar surface area (TPSA) is 15.3 Å². The SMILES string of the molecule is CC(C)NC1CN(C2c3ccccc3CCc3ccccc32)C1. The van der Waals surface area contributed by atoms with Gasteiger partial charge in [-0.1, -0.05) is 62.4 Å². The minimum atomic E-state index is 0.426. The first-order valence-corrected chi connectivity index (χ1v) is 8.88. The van der Waals surface area contributed by atoms with Crippen molar-refractivity contribution in [2.45, 2.75) is 44.8 Å². The molecule has 2 heteroatoms. The van der Waals surface area contributed by atoms with Crippen molar-refractivity contribution in [3.63, 3.8) is 0 Å². The molecule has 23 heavy (non-hydrogen) atoms. The molecule has 0 aromatic heterocycles. The van der Waals surface area contributed by atoms with Crippen molar-refractivity contribution in [1.29, 1.82) is 0 Å². The Labute approximate surface area is 139 Å². The number of likely N-dealkylation sites (tertiary alicyclic amines) is 1. The predicted molar refractivity (Wildman–Crippen MR) is 95.8 cm³/mol. The number of hydrogen-bond acceptors (Lipinski definition) is 2. The third kappa shape index (κ3) is 2.82. The van der Waals surface area contributed by atoms with Gasteiger partial charge in [0.2, 0.25) is 0 Å². The van der Waals surface area contributed by atoms with Crippen molar-refractivity contribution in [1.82, 2.24) is 10.2 Å². The minimum Gasteiger partial charge on any atom is -0.309 e. The minimum absolute atomic E-state index is 0.426. The molecule has 1 aliphatic carbocycles. The molecule has 4 rings (SSSR count). The van der Waals surface area contributed by atoms with Gasteiger partial charge >= 0.3 is 0 Å². The van der Waals surface area contributed by atoms with Gasteiger partial charge in [-0.25, -0.2) is 0 Å². The van der Waals surface area contributed by atoms with E-state index in [-0.39, 0.29) is 0 Å². The van der Waals surface area contributed by atoms with Crippen LogP contribution in [0.2, 0.25) is 0 Å². The Morgan fingerprint density at radius 2 is 1.39 bits per heavy atom. The molecule has 1 fully saturated rings. The van der Waals surface area contributed by atoms with E-state index in [0.29, 0.717) is 18.1 Å². The molecule has 0 amide bonds. The lowest BCUT2D eigenvalue weighted by molar-refractivity contribution is 0.0883. The summed E-state index contributed by atoms with van der Waals surface area (Å²) in [6.45, 7) is 6.76. The summed E-state index contributed by atoms with van der Waals surface area (Å²) in [5.41, 5.74) is 6.07. The summed E-state index contributed by atoms with van der Waals surface area (Å²) < 4.78 is 0. The maximum atomic E-state index is 3.67. The number of nitrogens with zero attached hydrogens (tertiary/aromatic N) is 1. The Hall–Kier alpha value is -1.64. The molecule has 0 atom stereocenters. The lowest BCUT2D eigenvalue weighted by atomic mass is 9.90. The normalized spacial score (nSPS) is 19.1. The van der Waals surface area contributed by atoms with Crippen molar-refractivity contribution in [3.8, 4) is 0 Å². The molecule has 0 unspecified atom stereocenters. The standard InChI is InChI=1S/C21H26N2/c1-15(2)22-18-13-23(14-18)21-19-9-5-3-7-16(19)11-12-17-8-4-6-10-20(17)21/h3-10,15,18,21-22H,11-14H2,1-2H3. The highest BCUT2D eigenvalue weighted by molar-refractivity contribution is 5.44. The second-order valence-corrected chi connectivity index (χ2v) is 7.27. The van der Waals surface area contributed by atoms with Crippen LogP contribution in [0.15, 0.2) is 48.5 Å². The van der Waals surface area contributed by atoms with Crippen molar-refractivity contribution in [2.24, 2.45) is 0 Å². The zero-order chi connectivity index (χ0) is 15.8. The van der Waals surface area contributed by atoms with E-state index in [1.54, 1.807) is 0 Å². The molecule has 120 valence electrons. The van der Waals surface area contributed by atoms with Crippen LogP contribution in [0.1, 0.15) is 42.1 Å². The largest absolute Gasteiger partial charge is 0.309 e. The highest BCUT2D eigenvalue weighted by Crippen LogP contribution is 2.38. The number of aryl methyl sites for hydroxylation is 2. The first-order valence-electron chi connectivity index (χ1n) is 8.88. The smallest absolute Gasteiger partial charge is 0.0608 e. The molecule has 2 aromatic rings. The van der Waals surface area contributed by atoms with E-state index >= 15 is 0 Å². The van der Waals surface area contributed by atoms with Gasteiger partial charge in [-0.3, -0.25) is 4.90 Å². The molecule has 0 spiro atoms. The van der Waals surface area contributed by atoms with E-state index in [2.05, 4.69) is 72.6 Å². The molecule has 1 saturated heterocycles. The van der Waals surface area contributed by atoms with Gasteiger partial charge in [-0.15, -0.1) is 0 Å². The van der Waals surface area contributed by atoms with Gasteiger partial charge in [0, 0.05) is 25.2 Å². The third-order valence-electron chi connectivity index (χ3n) is 5.21. The van der Waals surface area contributed by atoms with Gasteiger partial charge in [-0.2, -0.15) is 0 Å². The van der Waals surface area contributed by atoms with Crippen LogP contribution in [0, 0.1) is 0 Å². The number of nitrogens with one attached hydrogen (secondary N) is 1. The number of hydrogen-bond donors (Lipinski definition) is 1. The summed E-state index contributed by atoms with van der Waals surface area (Å²) in [5, 5.41) is 3.67. The first-order chi connectivity index (χ1) is 11.2. The highest BCUT2D eigenvalue weighted by atomic mass is 15.3. The molecule has 2 aromatic carbocycles. The van der Waals surface area contributed by atoms with Gasteiger partial charge in [0.15, 0.2) is 0 Å². The summed E-state index contributed by atoms with van der Waals surface area (Å²) in [4.78, 5) is 2.64. The first kappa shape index (κ1) is 14.9. The van der Waals surface area contributed by atoms with Crippen LogP contribution in [0.5, 0.6) is 0 Å². The van der Waals surface area contributed by atoms with Crippen molar-refractivity contribution >= 4 is 0 Å². The Bertz CT molecular complexity index is 638. The van der Waals surface area contributed by atoms with Gasteiger partial charge in [-0.05, 0) is 35.1 Å². The Morgan fingerprint density at radius 3 is 1.91 bits per heavy atom. The lowest BCUT2D eigenvalue weighted by Crippen LogP contribution is -2.60. The van der Waals surface area contributed by atoms with E-state index in [1.807, 2.05) is 0 Å². The quantitative estimate of drug-likeness (QED) is 0.933. The van der Waals surface area contributed by atoms with E-state index < -0.39 is 0 Å². The van der Waals surface area contributed by atoms with E-state index in [0.717, 1.165) is 25.9 Å². The van der Waals surface area contributed by atoms with Crippen LogP contribution in [0.3, 0.4) is 0 Å². The van der Waals surface area contributed by atoms with Crippen molar-refractivity contribution < 1.29 is 0 Å². The average molecular weight is 306 g/mol. The van der Waals surface area contributed by atoms with Crippen LogP contribution in [-0.4, -0.2) is 30.1 Å². The molecular formula is C21H26N2. The lowest BCUT2D eigenvalue weighted by Gasteiger charge is -2.46. The molecule has 1 aliphatic heterocycles. The molecule has 0 bridgehead atoms. The molecule has 0 saturated carbocycles. The fourth-order valence-corrected chi connectivity index (χ4v) is 4.19. The molecule has 2 aliphatic rings. The zero-order valence-electron chi connectivity index (χ0n) is 14.1. The van der Waals surface area contributed by atoms with Crippen LogP contribution < -0.4 is 5.32 Å². The molecular weight excluding hydrogens is 280 g/mol. The van der Waals surface area contributed by atoms with Gasteiger partial charge in [0.1, 0.15) is 0 Å². The van der Waals surface area contributed by atoms with E-state index in [4.69, 9.17) is 0 Å². The zero-order valence-corrected chi connectivity index (χ0v) is 14.1. The van der Waals surface area contributed by atoms with E-state index in [1.165, 1.54) is 22.3 Å². The average Bonchev–Trinajstić information content (AvgIpc) is 2.67. The maximum Gasteiger partial charge on any atom is 0.0608 e. The summed E-state index contributed by atoms with van der Waals surface area (Å²) >= 11 is 0. The maximum absolute atomic E-state index is 3.67.